The molecule has 0 aliphatic carbocycles. The van der Waals surface area contributed by atoms with E-state index in [0.717, 1.165) is 15.5 Å². The van der Waals surface area contributed by atoms with E-state index in [1.807, 2.05) is 0 Å². The molecule has 0 atom stereocenters. The fourth-order valence-electron chi connectivity index (χ4n) is 1.29. The van der Waals surface area contributed by atoms with Gasteiger partial charge in [-0.15, -0.1) is 5.10 Å². The number of aromatic nitrogens is 3. The van der Waals surface area contributed by atoms with E-state index in [1.54, 1.807) is 12.1 Å². The van der Waals surface area contributed by atoms with Crippen LogP contribution in [0.15, 0.2) is 28.9 Å². The molecule has 2 aromatic rings. The second-order valence-electron chi connectivity index (χ2n) is 3.30. The molecule has 0 unspecified atom stereocenters. The lowest BCUT2D eigenvalue weighted by Gasteiger charge is -2.02. The Kier molecular flexibility index (Phi) is 3.19. The molecule has 2 rings (SSSR count). The summed E-state index contributed by atoms with van der Waals surface area (Å²) in [6.07, 6.45) is 1.12. The zero-order chi connectivity index (χ0) is 12.4. The van der Waals surface area contributed by atoms with Crippen molar-refractivity contribution in [3.63, 3.8) is 0 Å². The number of benzene rings is 1. The van der Waals surface area contributed by atoms with E-state index in [2.05, 4.69) is 26.1 Å². The van der Waals surface area contributed by atoms with Crippen LogP contribution in [0.3, 0.4) is 0 Å². The van der Waals surface area contributed by atoms with E-state index in [-0.39, 0.29) is 18.1 Å². The molecule has 0 bridgehead atoms. The van der Waals surface area contributed by atoms with Gasteiger partial charge in [0.05, 0.1) is 12.7 Å². The predicted molar refractivity (Wildman–Crippen MR) is 60.2 cm³/mol. The standard InChI is InChI=1S/C10H7BrFN3O2/c11-7-1-2-8(12)6(3-7)5-15-13-4-9(14-15)10(16)17/h1-4H,5H2,(H,16,17). The average molecular weight is 300 g/mol. The molecule has 7 heteroatoms. The molecule has 5 nitrogen and oxygen atoms in total. The third-order valence-electron chi connectivity index (χ3n) is 2.08. The van der Waals surface area contributed by atoms with E-state index >= 15 is 0 Å². The van der Waals surface area contributed by atoms with Crippen LogP contribution in [0.1, 0.15) is 16.1 Å². The minimum atomic E-state index is -1.16. The maximum Gasteiger partial charge on any atom is 0.358 e. The molecule has 0 saturated carbocycles. The number of carboxylic acids is 1. The maximum atomic E-state index is 13.4. The number of aromatic carboxylic acids is 1. The first-order valence-corrected chi connectivity index (χ1v) is 5.43. The van der Waals surface area contributed by atoms with Gasteiger partial charge in [-0.2, -0.15) is 9.90 Å². The summed E-state index contributed by atoms with van der Waals surface area (Å²) in [4.78, 5) is 11.7. The van der Waals surface area contributed by atoms with E-state index in [1.165, 1.54) is 6.07 Å². The highest BCUT2D eigenvalue weighted by molar-refractivity contribution is 9.10. The van der Waals surface area contributed by atoms with Crippen LogP contribution < -0.4 is 0 Å². The highest BCUT2D eigenvalue weighted by Crippen LogP contribution is 2.16. The Morgan fingerprint density at radius 3 is 2.94 bits per heavy atom. The third kappa shape index (κ3) is 2.68. The fourth-order valence-corrected chi connectivity index (χ4v) is 1.70. The van der Waals surface area contributed by atoms with Gasteiger partial charge < -0.3 is 5.11 Å². The lowest BCUT2D eigenvalue weighted by molar-refractivity contribution is 0.0689. The molecule has 0 fully saturated rings. The van der Waals surface area contributed by atoms with Gasteiger partial charge in [0.1, 0.15) is 5.82 Å². The summed E-state index contributed by atoms with van der Waals surface area (Å²) in [5, 5.41) is 16.1. The highest BCUT2D eigenvalue weighted by atomic mass is 79.9. The Morgan fingerprint density at radius 1 is 1.53 bits per heavy atom. The molecule has 88 valence electrons. The summed E-state index contributed by atoms with van der Waals surface area (Å²) in [5.74, 6) is -1.55. The van der Waals surface area contributed by atoms with Gasteiger partial charge >= 0.3 is 5.97 Å². The van der Waals surface area contributed by atoms with Crippen molar-refractivity contribution in [1.82, 2.24) is 15.0 Å². The molecule has 0 spiro atoms. The quantitative estimate of drug-likeness (QED) is 0.940. The van der Waals surface area contributed by atoms with Crippen LogP contribution in [0, 0.1) is 5.82 Å². The van der Waals surface area contributed by atoms with Crippen LogP contribution in [0.5, 0.6) is 0 Å². The second-order valence-corrected chi connectivity index (χ2v) is 4.22. The molecule has 1 aromatic heterocycles. The van der Waals surface area contributed by atoms with Gasteiger partial charge in [-0.25, -0.2) is 9.18 Å². The number of rotatable bonds is 3. The topological polar surface area (TPSA) is 68.0 Å². The van der Waals surface area contributed by atoms with Gasteiger partial charge in [0.15, 0.2) is 5.69 Å². The van der Waals surface area contributed by atoms with Crippen LogP contribution in [0.25, 0.3) is 0 Å². The monoisotopic (exact) mass is 299 g/mol. The first-order valence-electron chi connectivity index (χ1n) is 4.63. The number of carbonyl (C=O) groups is 1. The second kappa shape index (κ2) is 4.62. The van der Waals surface area contributed by atoms with Crippen molar-refractivity contribution in [3.05, 3.63) is 45.9 Å². The Labute approximate surface area is 104 Å². The van der Waals surface area contributed by atoms with E-state index < -0.39 is 5.97 Å². The Hall–Kier alpha value is -1.76. The molecule has 0 saturated heterocycles. The van der Waals surface area contributed by atoms with Gasteiger partial charge in [-0.05, 0) is 18.2 Å². The molecule has 1 N–H and O–H groups in total. The molecule has 1 heterocycles. The number of halogens is 2. The Morgan fingerprint density at radius 2 is 2.29 bits per heavy atom. The minimum Gasteiger partial charge on any atom is -0.476 e. The first-order chi connectivity index (χ1) is 8.06. The third-order valence-corrected chi connectivity index (χ3v) is 2.57. The summed E-state index contributed by atoms with van der Waals surface area (Å²) >= 11 is 3.23. The van der Waals surface area contributed by atoms with Crippen molar-refractivity contribution < 1.29 is 14.3 Å². The van der Waals surface area contributed by atoms with Gasteiger partial charge in [0.25, 0.3) is 0 Å². The lowest BCUT2D eigenvalue weighted by atomic mass is 10.2. The average Bonchev–Trinajstić information content (AvgIpc) is 2.72. The zero-order valence-corrected chi connectivity index (χ0v) is 10.1. The van der Waals surface area contributed by atoms with E-state index in [0.29, 0.717) is 5.56 Å². The minimum absolute atomic E-state index is 0.0819. The maximum absolute atomic E-state index is 13.4. The summed E-state index contributed by atoms with van der Waals surface area (Å²) < 4.78 is 14.2. The number of hydrogen-bond donors (Lipinski definition) is 1. The SMILES string of the molecule is O=C(O)c1cnn(Cc2cc(Br)ccc2F)n1. The van der Waals surface area contributed by atoms with Crippen molar-refractivity contribution in [2.24, 2.45) is 0 Å². The van der Waals surface area contributed by atoms with Crippen LogP contribution in [0.4, 0.5) is 4.39 Å². The molecule has 0 radical (unpaired) electrons. The largest absolute Gasteiger partial charge is 0.476 e. The Bertz CT molecular complexity index is 570. The number of nitrogens with zero attached hydrogens (tertiary/aromatic N) is 3. The molecular weight excluding hydrogens is 293 g/mol. The van der Waals surface area contributed by atoms with E-state index in [4.69, 9.17) is 5.11 Å². The summed E-state index contributed by atoms with van der Waals surface area (Å²) in [6, 6.07) is 4.50. The van der Waals surface area contributed by atoms with Gasteiger partial charge in [-0.3, -0.25) is 0 Å². The van der Waals surface area contributed by atoms with E-state index in [9.17, 15) is 9.18 Å². The van der Waals surface area contributed by atoms with Crippen LogP contribution >= 0.6 is 15.9 Å². The first kappa shape index (κ1) is 11.7. The van der Waals surface area contributed by atoms with Gasteiger partial charge in [-0.1, -0.05) is 15.9 Å². The smallest absolute Gasteiger partial charge is 0.358 e. The van der Waals surface area contributed by atoms with Crippen LogP contribution in [-0.4, -0.2) is 26.1 Å². The summed E-state index contributed by atoms with van der Waals surface area (Å²) in [7, 11) is 0. The lowest BCUT2D eigenvalue weighted by Crippen LogP contribution is -2.07. The van der Waals surface area contributed by atoms with Crippen LogP contribution in [0.2, 0.25) is 0 Å². The molecule has 0 aliphatic rings. The van der Waals surface area contributed by atoms with Crippen molar-refractivity contribution >= 4 is 21.9 Å². The summed E-state index contributed by atoms with van der Waals surface area (Å²) in [6.45, 7) is 0.0819. The number of hydrogen-bond acceptors (Lipinski definition) is 3. The van der Waals surface area contributed by atoms with Crippen molar-refractivity contribution in [3.8, 4) is 0 Å². The fraction of sp³-hybridized carbons (Fsp3) is 0.100. The van der Waals surface area contributed by atoms with Gasteiger partial charge in [0, 0.05) is 10.0 Å². The normalized spacial score (nSPS) is 10.5. The van der Waals surface area contributed by atoms with Crippen molar-refractivity contribution in [1.29, 1.82) is 0 Å². The van der Waals surface area contributed by atoms with Crippen LogP contribution in [-0.2, 0) is 6.54 Å². The Balaban J connectivity index is 2.25. The van der Waals surface area contributed by atoms with Crippen molar-refractivity contribution in [2.45, 2.75) is 6.54 Å². The molecule has 0 amide bonds. The predicted octanol–water partition coefficient (Wildman–Crippen LogP) is 1.93. The van der Waals surface area contributed by atoms with Crippen molar-refractivity contribution in [2.75, 3.05) is 0 Å². The molecule has 17 heavy (non-hydrogen) atoms. The highest BCUT2D eigenvalue weighted by Gasteiger charge is 2.10. The zero-order valence-electron chi connectivity index (χ0n) is 8.47. The molecule has 0 aliphatic heterocycles. The summed E-state index contributed by atoms with van der Waals surface area (Å²) in [5.41, 5.74) is 0.215. The molecule has 1 aromatic carbocycles. The number of carboxylic acid groups (broad SMARTS) is 1. The molecular formula is C10H7BrFN3O2. The van der Waals surface area contributed by atoms with Gasteiger partial charge in [0.2, 0.25) is 0 Å².